The van der Waals surface area contributed by atoms with Crippen LogP contribution in [0.15, 0.2) is 97.2 Å². The fourth-order valence-electron chi connectivity index (χ4n) is 6.92. The number of nitrogens with zero attached hydrogens (tertiary/aromatic N) is 1. The van der Waals surface area contributed by atoms with Gasteiger partial charge in [-0.25, -0.2) is 0 Å². The number of hydrogen-bond acceptors (Lipinski definition) is 6. The van der Waals surface area contributed by atoms with Crippen molar-refractivity contribution in [2.75, 3.05) is 40.9 Å². The number of likely N-dealkylation sites (N-methyl/N-ethyl adjacent to an activating group) is 1. The molecule has 0 spiro atoms. The van der Waals surface area contributed by atoms with Crippen molar-refractivity contribution in [1.29, 1.82) is 0 Å². The molecule has 0 heterocycles. The molecule has 0 fully saturated rings. The molecular weight excluding hydrogens is 828 g/mol. The molecule has 2 N–H and O–H groups in total. The van der Waals surface area contributed by atoms with Gasteiger partial charge < -0.3 is 28.8 Å². The first-order valence-corrected chi connectivity index (χ1v) is 27.6. The Morgan fingerprint density at radius 1 is 0.554 bits per heavy atom. The molecule has 0 aromatic carbocycles. The van der Waals surface area contributed by atoms with Crippen molar-refractivity contribution >= 4 is 13.7 Å². The zero-order valence-electron chi connectivity index (χ0n) is 42.4. The van der Waals surface area contributed by atoms with Gasteiger partial charge in [-0.3, -0.25) is 9.36 Å². The summed E-state index contributed by atoms with van der Waals surface area (Å²) in [5.74, 6) is -0.234. The Kier molecular flexibility index (Phi) is 44.7. The summed E-state index contributed by atoms with van der Waals surface area (Å²) in [4.78, 5) is 25.4. The molecule has 0 rings (SSSR count). The van der Waals surface area contributed by atoms with E-state index < -0.39 is 26.6 Å². The molecule has 3 unspecified atom stereocenters. The predicted octanol–water partition coefficient (Wildman–Crippen LogP) is 14.8. The van der Waals surface area contributed by atoms with E-state index in [2.05, 4.69) is 104 Å². The van der Waals surface area contributed by atoms with Crippen LogP contribution in [0.2, 0.25) is 0 Å². The first kappa shape index (κ1) is 62.4. The maximum absolute atomic E-state index is 12.9. The van der Waals surface area contributed by atoms with Crippen molar-refractivity contribution in [2.45, 2.75) is 212 Å². The minimum atomic E-state index is -4.62. The SMILES string of the molecule is CC/C=C\C/C=C\C/C=C\C/C=C\C/C=C\CCCCCCCC(=O)NC(COP(=O)([O-])OCC[N+](C)(C)C)C(O)/C=C/CC/C=C/CC/C=C/CCCCCCCCCCCCCC. The Hall–Kier alpha value is -2.58. The molecule has 0 aliphatic carbocycles. The van der Waals surface area contributed by atoms with E-state index in [1.54, 1.807) is 6.08 Å². The predicted molar refractivity (Wildman–Crippen MR) is 279 cm³/mol. The normalized spacial score (nSPS) is 14.9. The minimum absolute atomic E-state index is 0.0185. The summed E-state index contributed by atoms with van der Waals surface area (Å²) in [7, 11) is 1.21. The van der Waals surface area contributed by atoms with E-state index in [1.165, 1.54) is 83.5 Å². The molecule has 0 aliphatic heterocycles. The van der Waals surface area contributed by atoms with E-state index in [0.29, 0.717) is 17.4 Å². The van der Waals surface area contributed by atoms with Crippen LogP contribution in [0.25, 0.3) is 0 Å². The maximum atomic E-state index is 12.9. The Morgan fingerprint density at radius 2 is 0.954 bits per heavy atom. The number of hydrogen-bond donors (Lipinski definition) is 2. The van der Waals surface area contributed by atoms with Crippen LogP contribution in [0, 0.1) is 0 Å². The summed E-state index contributed by atoms with van der Waals surface area (Å²) in [6, 6.07) is -0.927. The fourth-order valence-corrected chi connectivity index (χ4v) is 7.64. The molecular formula is C56H99N2O6P. The average molecular weight is 927 g/mol. The number of carbonyl (C=O) groups is 1. The van der Waals surface area contributed by atoms with Crippen molar-refractivity contribution < 1.29 is 32.9 Å². The Labute approximate surface area is 400 Å². The number of nitrogens with one attached hydrogen (secondary N) is 1. The summed E-state index contributed by atoms with van der Waals surface area (Å²) >= 11 is 0. The summed E-state index contributed by atoms with van der Waals surface area (Å²) in [5, 5.41) is 13.8. The van der Waals surface area contributed by atoms with Gasteiger partial charge in [0.15, 0.2) is 0 Å². The molecule has 0 aromatic heterocycles. The molecule has 9 heteroatoms. The highest BCUT2D eigenvalue weighted by Crippen LogP contribution is 2.38. The van der Waals surface area contributed by atoms with Crippen molar-refractivity contribution in [2.24, 2.45) is 0 Å². The molecule has 0 radical (unpaired) electrons. The smallest absolute Gasteiger partial charge is 0.268 e. The van der Waals surface area contributed by atoms with Crippen molar-refractivity contribution in [1.82, 2.24) is 5.32 Å². The lowest BCUT2D eigenvalue weighted by molar-refractivity contribution is -0.870. The first-order valence-electron chi connectivity index (χ1n) is 26.1. The topological polar surface area (TPSA) is 108 Å². The van der Waals surface area contributed by atoms with Gasteiger partial charge in [0, 0.05) is 6.42 Å². The van der Waals surface area contributed by atoms with Crippen molar-refractivity contribution in [3.8, 4) is 0 Å². The van der Waals surface area contributed by atoms with Gasteiger partial charge in [0.25, 0.3) is 7.82 Å². The third-order valence-electron chi connectivity index (χ3n) is 11.0. The quantitative estimate of drug-likeness (QED) is 0.0272. The number of rotatable bonds is 46. The average Bonchev–Trinajstić information content (AvgIpc) is 3.26. The fraction of sp³-hybridized carbons (Fsp3) is 0.696. The van der Waals surface area contributed by atoms with E-state index in [1.807, 2.05) is 27.2 Å². The zero-order chi connectivity index (χ0) is 47.8. The molecule has 8 nitrogen and oxygen atoms in total. The van der Waals surface area contributed by atoms with Gasteiger partial charge in [0.2, 0.25) is 5.91 Å². The summed E-state index contributed by atoms with van der Waals surface area (Å²) in [6.07, 6.45) is 66.1. The number of unbranched alkanes of at least 4 members (excludes halogenated alkanes) is 19. The second kappa shape index (κ2) is 46.5. The highest BCUT2D eigenvalue weighted by Gasteiger charge is 2.23. The van der Waals surface area contributed by atoms with Crippen LogP contribution in [-0.2, 0) is 18.4 Å². The Morgan fingerprint density at radius 3 is 1.43 bits per heavy atom. The van der Waals surface area contributed by atoms with Crippen molar-refractivity contribution in [3.05, 3.63) is 97.2 Å². The van der Waals surface area contributed by atoms with Gasteiger partial charge in [-0.1, -0.05) is 201 Å². The number of allylic oxidation sites excluding steroid dienone is 15. The summed E-state index contributed by atoms with van der Waals surface area (Å²) in [5.41, 5.74) is 0. The first-order chi connectivity index (χ1) is 31.5. The molecule has 65 heavy (non-hydrogen) atoms. The number of aliphatic hydroxyl groups is 1. The van der Waals surface area contributed by atoms with Gasteiger partial charge in [-0.05, 0) is 89.9 Å². The van der Waals surface area contributed by atoms with Crippen LogP contribution in [0.4, 0.5) is 0 Å². The van der Waals surface area contributed by atoms with Crippen LogP contribution in [-0.4, -0.2) is 68.5 Å². The summed E-state index contributed by atoms with van der Waals surface area (Å²) in [6.45, 7) is 4.48. The van der Waals surface area contributed by atoms with Gasteiger partial charge in [-0.15, -0.1) is 0 Å². The standard InChI is InChI=1S/C56H99N2O6P/c1-6-8-10-12-14-16-18-20-22-24-26-28-30-31-33-35-37-39-41-43-45-47-49-55(59)54(53-64-65(61,62)63-52-51-58(3,4)5)57-56(60)50-48-46-44-42-40-38-36-34-32-29-27-25-23-21-19-17-15-13-11-9-7-2/h9,11,15,17,21,23,27,29,31,33-34,36,39,41,47,49,54-55,59H,6-8,10,12-14,16,18-20,22,24-26,28,30,32,35,37-38,40,42-46,48,50-53H2,1-5H3,(H-,57,60,61,62)/b11-9-,17-15-,23-21-,29-27-,33-31+,36-34-,41-39+,49-47+. The lowest BCUT2D eigenvalue weighted by atomic mass is 10.0. The molecule has 0 bridgehead atoms. The zero-order valence-corrected chi connectivity index (χ0v) is 43.3. The number of phosphoric ester groups is 1. The van der Waals surface area contributed by atoms with E-state index in [0.717, 1.165) is 96.3 Å². The molecule has 374 valence electrons. The van der Waals surface area contributed by atoms with Crippen LogP contribution in [0.3, 0.4) is 0 Å². The number of aliphatic hydroxyl groups excluding tert-OH is 1. The van der Waals surface area contributed by atoms with E-state index >= 15 is 0 Å². The number of quaternary nitrogens is 1. The number of amides is 1. The maximum Gasteiger partial charge on any atom is 0.268 e. The third kappa shape index (κ3) is 49.2. The second-order valence-electron chi connectivity index (χ2n) is 18.5. The van der Waals surface area contributed by atoms with Crippen LogP contribution in [0.5, 0.6) is 0 Å². The Bertz CT molecular complexity index is 1370. The third-order valence-corrected chi connectivity index (χ3v) is 12.0. The van der Waals surface area contributed by atoms with Crippen molar-refractivity contribution in [3.63, 3.8) is 0 Å². The summed E-state index contributed by atoms with van der Waals surface area (Å²) < 4.78 is 23.3. The largest absolute Gasteiger partial charge is 0.756 e. The molecule has 0 saturated carbocycles. The van der Waals surface area contributed by atoms with E-state index in [9.17, 15) is 19.4 Å². The van der Waals surface area contributed by atoms with E-state index in [-0.39, 0.29) is 12.5 Å². The van der Waals surface area contributed by atoms with Gasteiger partial charge in [0.05, 0.1) is 39.9 Å². The lowest BCUT2D eigenvalue weighted by Gasteiger charge is -2.29. The monoisotopic (exact) mass is 927 g/mol. The second-order valence-corrected chi connectivity index (χ2v) is 19.9. The Balaban J connectivity index is 4.45. The van der Waals surface area contributed by atoms with Gasteiger partial charge in [-0.2, -0.15) is 0 Å². The molecule has 0 aliphatic rings. The van der Waals surface area contributed by atoms with Crippen LogP contribution < -0.4 is 10.2 Å². The molecule has 0 aromatic rings. The molecule has 3 atom stereocenters. The molecule has 1 amide bonds. The minimum Gasteiger partial charge on any atom is -0.756 e. The highest BCUT2D eigenvalue weighted by atomic mass is 31.2. The highest BCUT2D eigenvalue weighted by molar-refractivity contribution is 7.45. The number of carbonyl (C=O) groups excluding carboxylic acids is 1. The van der Waals surface area contributed by atoms with Crippen LogP contribution >= 0.6 is 7.82 Å². The molecule has 0 saturated heterocycles. The van der Waals surface area contributed by atoms with Gasteiger partial charge in [0.1, 0.15) is 13.2 Å². The lowest BCUT2D eigenvalue weighted by Crippen LogP contribution is -2.45. The van der Waals surface area contributed by atoms with Crippen LogP contribution in [0.1, 0.15) is 200 Å². The number of phosphoric acid groups is 1. The van der Waals surface area contributed by atoms with Gasteiger partial charge >= 0.3 is 0 Å². The van der Waals surface area contributed by atoms with E-state index in [4.69, 9.17) is 9.05 Å².